The molecule has 6 heteroatoms. The predicted molar refractivity (Wildman–Crippen MR) is 70.1 cm³/mol. The lowest BCUT2D eigenvalue weighted by Gasteiger charge is -2.24. The average Bonchev–Trinajstić information content (AvgIpc) is 2.89. The highest BCUT2D eigenvalue weighted by Gasteiger charge is 2.20. The van der Waals surface area contributed by atoms with Crippen molar-refractivity contribution >= 4 is 11.6 Å². The van der Waals surface area contributed by atoms with E-state index in [9.17, 15) is 4.39 Å². The van der Waals surface area contributed by atoms with E-state index in [2.05, 4.69) is 10.3 Å². The quantitative estimate of drug-likeness (QED) is 0.918. The van der Waals surface area contributed by atoms with Crippen molar-refractivity contribution in [3.8, 4) is 5.69 Å². The maximum absolute atomic E-state index is 13.1. The largest absolute Gasteiger partial charge is 0.369 e. The fourth-order valence-electron chi connectivity index (χ4n) is 2.18. The SMILES string of the molecule is Fc1ccc(-n2cncc2C2CNCCO2)c(Cl)c1. The zero-order valence-corrected chi connectivity index (χ0v) is 10.9. The first kappa shape index (κ1) is 12.6. The predicted octanol–water partition coefficient (Wildman–Crippen LogP) is 2.33. The lowest BCUT2D eigenvalue weighted by molar-refractivity contribution is 0.0240. The number of rotatable bonds is 2. The van der Waals surface area contributed by atoms with E-state index in [4.69, 9.17) is 16.3 Å². The second kappa shape index (κ2) is 5.28. The van der Waals surface area contributed by atoms with Crippen molar-refractivity contribution in [3.63, 3.8) is 0 Å². The second-order valence-corrected chi connectivity index (χ2v) is 4.75. The van der Waals surface area contributed by atoms with E-state index in [-0.39, 0.29) is 11.9 Å². The molecular weight excluding hydrogens is 269 g/mol. The van der Waals surface area contributed by atoms with Gasteiger partial charge in [0, 0.05) is 13.1 Å². The number of nitrogens with zero attached hydrogens (tertiary/aromatic N) is 2. The lowest BCUT2D eigenvalue weighted by Crippen LogP contribution is -2.34. The molecule has 1 aliphatic heterocycles. The molecular formula is C13H13ClFN3O. The average molecular weight is 282 g/mol. The number of hydrogen-bond donors (Lipinski definition) is 1. The minimum atomic E-state index is -0.356. The second-order valence-electron chi connectivity index (χ2n) is 4.35. The molecule has 3 rings (SSSR count). The third kappa shape index (κ3) is 2.49. The molecule has 1 fully saturated rings. The molecule has 0 radical (unpaired) electrons. The van der Waals surface area contributed by atoms with Gasteiger partial charge >= 0.3 is 0 Å². The van der Waals surface area contributed by atoms with Gasteiger partial charge < -0.3 is 10.1 Å². The maximum Gasteiger partial charge on any atom is 0.124 e. The summed E-state index contributed by atoms with van der Waals surface area (Å²) in [5, 5.41) is 3.62. The molecule has 0 bridgehead atoms. The molecule has 2 aromatic rings. The Labute approximate surface area is 115 Å². The Morgan fingerprint density at radius 2 is 2.37 bits per heavy atom. The summed E-state index contributed by atoms with van der Waals surface area (Å²) in [7, 11) is 0. The van der Waals surface area contributed by atoms with Crippen LogP contribution in [0.1, 0.15) is 11.8 Å². The molecule has 0 amide bonds. The van der Waals surface area contributed by atoms with Gasteiger partial charge in [-0.25, -0.2) is 9.37 Å². The van der Waals surface area contributed by atoms with E-state index in [1.54, 1.807) is 18.6 Å². The molecule has 1 N–H and O–H groups in total. The van der Waals surface area contributed by atoms with Crippen LogP contribution < -0.4 is 5.32 Å². The van der Waals surface area contributed by atoms with Gasteiger partial charge in [-0.1, -0.05) is 11.6 Å². The fourth-order valence-corrected chi connectivity index (χ4v) is 2.44. The molecule has 1 aliphatic rings. The normalized spacial score (nSPS) is 19.6. The van der Waals surface area contributed by atoms with Crippen molar-refractivity contribution in [2.75, 3.05) is 19.7 Å². The van der Waals surface area contributed by atoms with Crippen LogP contribution in [0.5, 0.6) is 0 Å². The van der Waals surface area contributed by atoms with Gasteiger partial charge in [0.1, 0.15) is 11.9 Å². The van der Waals surface area contributed by atoms with Crippen molar-refractivity contribution in [2.24, 2.45) is 0 Å². The first-order chi connectivity index (χ1) is 9.25. The van der Waals surface area contributed by atoms with Gasteiger partial charge in [0.15, 0.2) is 0 Å². The first-order valence-corrected chi connectivity index (χ1v) is 6.43. The summed E-state index contributed by atoms with van der Waals surface area (Å²) in [6, 6.07) is 4.31. The van der Waals surface area contributed by atoms with Gasteiger partial charge in [-0.15, -0.1) is 0 Å². The zero-order valence-electron chi connectivity index (χ0n) is 10.1. The summed E-state index contributed by atoms with van der Waals surface area (Å²) < 4.78 is 20.6. The number of halogens is 2. The molecule has 2 heterocycles. The number of hydrogen-bond acceptors (Lipinski definition) is 3. The minimum Gasteiger partial charge on any atom is -0.369 e. The summed E-state index contributed by atoms with van der Waals surface area (Å²) in [5.41, 5.74) is 1.60. The molecule has 4 nitrogen and oxygen atoms in total. The van der Waals surface area contributed by atoms with Crippen LogP contribution in [0, 0.1) is 5.82 Å². The number of nitrogens with one attached hydrogen (secondary N) is 1. The summed E-state index contributed by atoms with van der Waals surface area (Å²) in [6.45, 7) is 2.24. The van der Waals surface area contributed by atoms with Gasteiger partial charge in [-0.2, -0.15) is 0 Å². The van der Waals surface area contributed by atoms with Crippen molar-refractivity contribution in [3.05, 3.63) is 47.3 Å². The standard InChI is InChI=1S/C13H13ClFN3O/c14-10-5-9(15)1-2-11(10)18-8-17-6-12(18)13-7-16-3-4-19-13/h1-2,5-6,8,13,16H,3-4,7H2. The van der Waals surface area contributed by atoms with E-state index in [0.717, 1.165) is 18.8 Å². The van der Waals surface area contributed by atoms with E-state index < -0.39 is 0 Å². The van der Waals surface area contributed by atoms with E-state index >= 15 is 0 Å². The van der Waals surface area contributed by atoms with Crippen LogP contribution >= 0.6 is 11.6 Å². The van der Waals surface area contributed by atoms with Gasteiger partial charge in [-0.3, -0.25) is 4.57 Å². The Bertz CT molecular complexity index is 581. The number of benzene rings is 1. The summed E-state index contributed by atoms with van der Waals surface area (Å²) in [5.74, 6) is -0.356. The first-order valence-electron chi connectivity index (χ1n) is 6.05. The fraction of sp³-hybridized carbons (Fsp3) is 0.308. The highest BCUT2D eigenvalue weighted by molar-refractivity contribution is 6.32. The third-order valence-electron chi connectivity index (χ3n) is 3.09. The number of morpholine rings is 1. The Morgan fingerprint density at radius 1 is 1.47 bits per heavy atom. The van der Waals surface area contributed by atoms with Crippen LogP contribution in [-0.4, -0.2) is 29.2 Å². The van der Waals surface area contributed by atoms with Crippen molar-refractivity contribution in [1.29, 1.82) is 0 Å². The molecule has 1 aromatic carbocycles. The Hall–Kier alpha value is -1.43. The van der Waals surface area contributed by atoms with E-state index in [1.807, 2.05) is 4.57 Å². The van der Waals surface area contributed by atoms with Gasteiger partial charge in [0.25, 0.3) is 0 Å². The maximum atomic E-state index is 13.1. The summed E-state index contributed by atoms with van der Waals surface area (Å²) >= 11 is 6.09. The molecule has 1 saturated heterocycles. The van der Waals surface area contributed by atoms with Crippen molar-refractivity contribution in [1.82, 2.24) is 14.9 Å². The van der Waals surface area contributed by atoms with Crippen molar-refractivity contribution in [2.45, 2.75) is 6.10 Å². The number of ether oxygens (including phenoxy) is 1. The Morgan fingerprint density at radius 3 is 3.11 bits per heavy atom. The highest BCUT2D eigenvalue weighted by Crippen LogP contribution is 2.26. The molecule has 0 saturated carbocycles. The van der Waals surface area contributed by atoms with Crippen LogP contribution in [0.15, 0.2) is 30.7 Å². The molecule has 1 aromatic heterocycles. The third-order valence-corrected chi connectivity index (χ3v) is 3.40. The van der Waals surface area contributed by atoms with Crippen LogP contribution in [0.4, 0.5) is 4.39 Å². The highest BCUT2D eigenvalue weighted by atomic mass is 35.5. The monoisotopic (exact) mass is 281 g/mol. The zero-order chi connectivity index (χ0) is 13.2. The summed E-state index contributed by atoms with van der Waals surface area (Å²) in [4.78, 5) is 4.14. The molecule has 1 atom stereocenters. The van der Waals surface area contributed by atoms with E-state index in [1.165, 1.54) is 12.1 Å². The summed E-state index contributed by atoms with van der Waals surface area (Å²) in [6.07, 6.45) is 3.33. The Kier molecular flexibility index (Phi) is 3.50. The van der Waals surface area contributed by atoms with Gasteiger partial charge in [0.2, 0.25) is 0 Å². The number of imidazole rings is 1. The molecule has 0 spiro atoms. The Balaban J connectivity index is 1.99. The van der Waals surface area contributed by atoms with Crippen molar-refractivity contribution < 1.29 is 9.13 Å². The molecule has 19 heavy (non-hydrogen) atoms. The van der Waals surface area contributed by atoms with Crippen LogP contribution in [0.3, 0.4) is 0 Å². The number of aromatic nitrogens is 2. The van der Waals surface area contributed by atoms with Gasteiger partial charge in [-0.05, 0) is 18.2 Å². The lowest BCUT2D eigenvalue weighted by atomic mass is 10.2. The van der Waals surface area contributed by atoms with Crippen LogP contribution in [0.2, 0.25) is 5.02 Å². The van der Waals surface area contributed by atoms with Gasteiger partial charge in [0.05, 0.1) is 35.5 Å². The van der Waals surface area contributed by atoms with Crippen LogP contribution in [-0.2, 0) is 4.74 Å². The molecule has 100 valence electrons. The molecule has 0 aliphatic carbocycles. The molecule has 1 unspecified atom stereocenters. The van der Waals surface area contributed by atoms with Crippen LogP contribution in [0.25, 0.3) is 5.69 Å². The topological polar surface area (TPSA) is 39.1 Å². The minimum absolute atomic E-state index is 0.0719. The smallest absolute Gasteiger partial charge is 0.124 e. The van der Waals surface area contributed by atoms with E-state index in [0.29, 0.717) is 17.3 Å².